The van der Waals surface area contributed by atoms with Crippen LogP contribution >= 0.6 is 11.3 Å². The van der Waals surface area contributed by atoms with Gasteiger partial charge in [0.1, 0.15) is 17.2 Å². The van der Waals surface area contributed by atoms with E-state index in [2.05, 4.69) is 11.9 Å². The van der Waals surface area contributed by atoms with Crippen LogP contribution in [0.15, 0.2) is 4.79 Å². The third-order valence-corrected chi connectivity index (χ3v) is 6.64. The highest BCUT2D eigenvalue weighted by Crippen LogP contribution is 2.41. The van der Waals surface area contributed by atoms with Crippen LogP contribution in [0.1, 0.15) is 74.6 Å². The zero-order chi connectivity index (χ0) is 21.7. The van der Waals surface area contributed by atoms with Crippen molar-refractivity contribution >= 4 is 33.5 Å². The molecule has 1 unspecified atom stereocenters. The molecule has 0 aliphatic heterocycles. The van der Waals surface area contributed by atoms with Gasteiger partial charge in [-0.05, 0) is 45.1 Å². The molecule has 0 fully saturated rings. The van der Waals surface area contributed by atoms with E-state index in [9.17, 15) is 14.4 Å². The van der Waals surface area contributed by atoms with Crippen molar-refractivity contribution in [1.29, 1.82) is 0 Å². The minimum atomic E-state index is -0.446. The average Bonchev–Trinajstić information content (AvgIpc) is 3.09. The molecule has 8 heteroatoms. The lowest BCUT2D eigenvalue weighted by Crippen LogP contribution is -2.29. The van der Waals surface area contributed by atoms with Gasteiger partial charge in [0.2, 0.25) is 0 Å². The van der Waals surface area contributed by atoms with Crippen LogP contribution in [0.25, 0.3) is 10.2 Å². The van der Waals surface area contributed by atoms with Crippen LogP contribution < -0.4 is 5.56 Å². The van der Waals surface area contributed by atoms with Crippen molar-refractivity contribution in [2.24, 2.45) is 0 Å². The van der Waals surface area contributed by atoms with E-state index in [1.165, 1.54) is 15.9 Å². The fourth-order valence-electron chi connectivity index (χ4n) is 3.97. The van der Waals surface area contributed by atoms with Gasteiger partial charge in [-0.3, -0.25) is 19.0 Å². The highest BCUT2D eigenvalue weighted by atomic mass is 32.1. The molecule has 30 heavy (non-hydrogen) atoms. The predicted octanol–water partition coefficient (Wildman–Crippen LogP) is 3.87. The molecule has 1 atom stereocenters. The number of aromatic nitrogens is 2. The van der Waals surface area contributed by atoms with Crippen molar-refractivity contribution in [3.8, 4) is 0 Å². The fourth-order valence-corrected chi connectivity index (χ4v) is 5.28. The molecule has 2 aromatic heterocycles. The van der Waals surface area contributed by atoms with Gasteiger partial charge in [-0.1, -0.05) is 26.2 Å². The molecule has 1 aliphatic rings. The van der Waals surface area contributed by atoms with Gasteiger partial charge in [0.25, 0.3) is 5.56 Å². The van der Waals surface area contributed by atoms with E-state index in [-0.39, 0.29) is 18.1 Å². The van der Waals surface area contributed by atoms with Crippen LogP contribution in [0, 0.1) is 6.92 Å². The number of nitrogens with zero attached hydrogens (tertiary/aromatic N) is 2. The van der Waals surface area contributed by atoms with E-state index in [4.69, 9.17) is 9.47 Å². The monoisotopic (exact) mass is 434 g/mol. The molecule has 0 saturated heterocycles. The molecular formula is C22H30N2O5S. The lowest BCUT2D eigenvalue weighted by atomic mass is 9.86. The number of esters is 2. The van der Waals surface area contributed by atoms with E-state index in [1.807, 2.05) is 0 Å². The lowest BCUT2D eigenvalue weighted by molar-refractivity contribution is -0.146. The molecule has 2 heterocycles. The molecule has 0 spiro atoms. The summed E-state index contributed by atoms with van der Waals surface area (Å²) in [5.41, 5.74) is 0.466. The maximum Gasteiger partial charge on any atom is 0.326 e. The number of hydrogen-bond acceptors (Lipinski definition) is 7. The van der Waals surface area contributed by atoms with Crippen molar-refractivity contribution in [3.63, 3.8) is 0 Å². The zero-order valence-electron chi connectivity index (χ0n) is 18.0. The Balaban J connectivity index is 1.89. The van der Waals surface area contributed by atoms with Crippen LogP contribution in [-0.4, -0.2) is 34.7 Å². The molecule has 0 amide bonds. The van der Waals surface area contributed by atoms with Gasteiger partial charge in [-0.2, -0.15) is 0 Å². The van der Waals surface area contributed by atoms with E-state index < -0.39 is 11.9 Å². The Morgan fingerprint density at radius 2 is 2.00 bits per heavy atom. The quantitative estimate of drug-likeness (QED) is 0.440. The summed E-state index contributed by atoms with van der Waals surface area (Å²) in [5.74, 6) is -0.708. The van der Waals surface area contributed by atoms with Gasteiger partial charge >= 0.3 is 11.9 Å². The summed E-state index contributed by atoms with van der Waals surface area (Å²) in [6.45, 7) is 6.12. The van der Waals surface area contributed by atoms with E-state index in [0.29, 0.717) is 35.7 Å². The number of unbranched alkanes of at least 4 members (excludes halogenated alkanes) is 3. The van der Waals surface area contributed by atoms with Crippen LogP contribution in [0.3, 0.4) is 0 Å². The summed E-state index contributed by atoms with van der Waals surface area (Å²) in [7, 11) is 0. The SMILES string of the molecule is CCCCCCOC(=O)Cn1c(C)nc2sc3c(c2c1=O)C(C(=O)OCC)CCC3. The van der Waals surface area contributed by atoms with Crippen molar-refractivity contribution < 1.29 is 19.1 Å². The predicted molar refractivity (Wildman–Crippen MR) is 116 cm³/mol. The second kappa shape index (κ2) is 10.2. The Labute approximate surface area is 180 Å². The number of carbonyl (C=O) groups excluding carboxylic acids is 2. The number of fused-ring (bicyclic) bond motifs is 3. The smallest absolute Gasteiger partial charge is 0.326 e. The number of rotatable bonds is 9. The lowest BCUT2D eigenvalue weighted by Gasteiger charge is -2.21. The fraction of sp³-hybridized carbons (Fsp3) is 0.636. The largest absolute Gasteiger partial charge is 0.466 e. The van der Waals surface area contributed by atoms with Gasteiger partial charge in [-0.25, -0.2) is 4.98 Å². The Morgan fingerprint density at radius 1 is 1.20 bits per heavy atom. The Bertz CT molecular complexity index is 978. The van der Waals surface area contributed by atoms with Gasteiger partial charge in [0.05, 0.1) is 24.5 Å². The van der Waals surface area contributed by atoms with Gasteiger partial charge in [-0.15, -0.1) is 11.3 Å². The maximum absolute atomic E-state index is 13.3. The van der Waals surface area contributed by atoms with Crippen LogP contribution in [0.4, 0.5) is 0 Å². The third kappa shape index (κ3) is 4.74. The zero-order valence-corrected chi connectivity index (χ0v) is 18.8. The van der Waals surface area contributed by atoms with Gasteiger partial charge in [0.15, 0.2) is 0 Å². The standard InChI is InChI=1S/C22H30N2O5S/c1-4-6-7-8-12-29-17(25)13-24-14(3)23-20-19(21(24)26)18-15(22(27)28-5-2)10-9-11-16(18)30-20/h15H,4-13H2,1-3H3. The molecule has 2 aromatic rings. The molecule has 0 bridgehead atoms. The maximum atomic E-state index is 13.3. The van der Waals surface area contributed by atoms with Gasteiger partial charge < -0.3 is 9.47 Å². The second-order valence-electron chi connectivity index (χ2n) is 7.65. The minimum Gasteiger partial charge on any atom is -0.466 e. The molecule has 164 valence electrons. The molecule has 3 rings (SSSR count). The number of carbonyl (C=O) groups is 2. The summed E-state index contributed by atoms with van der Waals surface area (Å²) in [5, 5.41) is 0.453. The molecule has 1 aliphatic carbocycles. The first-order valence-electron chi connectivity index (χ1n) is 10.8. The summed E-state index contributed by atoms with van der Waals surface area (Å²) in [6, 6.07) is 0. The van der Waals surface area contributed by atoms with E-state index in [0.717, 1.165) is 49.0 Å². The number of thiophene rings is 1. The first-order valence-corrected chi connectivity index (χ1v) is 11.6. The first kappa shape index (κ1) is 22.5. The summed E-state index contributed by atoms with van der Waals surface area (Å²) >= 11 is 1.47. The number of hydrogen-bond donors (Lipinski definition) is 0. The Morgan fingerprint density at radius 3 is 2.73 bits per heavy atom. The second-order valence-corrected chi connectivity index (χ2v) is 8.73. The van der Waals surface area contributed by atoms with Crippen LogP contribution in [0.5, 0.6) is 0 Å². The molecular weight excluding hydrogens is 404 g/mol. The Kier molecular flexibility index (Phi) is 7.64. The first-order chi connectivity index (χ1) is 14.5. The van der Waals surface area contributed by atoms with Gasteiger partial charge in [0, 0.05) is 4.88 Å². The van der Waals surface area contributed by atoms with E-state index in [1.54, 1.807) is 13.8 Å². The topological polar surface area (TPSA) is 87.5 Å². The average molecular weight is 435 g/mol. The summed E-state index contributed by atoms with van der Waals surface area (Å²) < 4.78 is 11.9. The summed E-state index contributed by atoms with van der Waals surface area (Å²) in [4.78, 5) is 44.4. The molecule has 7 nitrogen and oxygen atoms in total. The highest BCUT2D eigenvalue weighted by molar-refractivity contribution is 7.18. The van der Waals surface area contributed by atoms with E-state index >= 15 is 0 Å². The number of ether oxygens (including phenoxy) is 2. The Hall–Kier alpha value is -2.22. The van der Waals surface area contributed by atoms with Crippen molar-refractivity contribution in [2.45, 2.75) is 78.2 Å². The van der Waals surface area contributed by atoms with Crippen LogP contribution in [0.2, 0.25) is 0 Å². The van der Waals surface area contributed by atoms with Crippen molar-refractivity contribution in [1.82, 2.24) is 9.55 Å². The number of aryl methyl sites for hydroxylation is 2. The normalized spacial score (nSPS) is 15.8. The van der Waals surface area contributed by atoms with Crippen molar-refractivity contribution in [3.05, 3.63) is 26.6 Å². The van der Waals surface area contributed by atoms with Crippen molar-refractivity contribution in [2.75, 3.05) is 13.2 Å². The molecule has 0 N–H and O–H groups in total. The molecule has 0 saturated carbocycles. The third-order valence-electron chi connectivity index (χ3n) is 5.48. The highest BCUT2D eigenvalue weighted by Gasteiger charge is 2.33. The molecule has 0 aromatic carbocycles. The minimum absolute atomic E-state index is 0.171. The summed E-state index contributed by atoms with van der Waals surface area (Å²) in [6.07, 6.45) is 6.43. The molecule has 0 radical (unpaired) electrons. The van der Waals surface area contributed by atoms with Crippen LogP contribution in [-0.2, 0) is 32.0 Å².